The van der Waals surface area contributed by atoms with Crippen LogP contribution < -0.4 is 4.74 Å². The molecule has 0 unspecified atom stereocenters. The third kappa shape index (κ3) is 8.74. The van der Waals surface area contributed by atoms with Crippen LogP contribution in [0.15, 0.2) is 188 Å². The van der Waals surface area contributed by atoms with Gasteiger partial charge in [0.1, 0.15) is 23.1 Å². The molecule has 11 rings (SSSR count). The fraction of sp³-hybridized carbons (Fsp3) is 0.194. The summed E-state index contributed by atoms with van der Waals surface area (Å²) in [5.41, 5.74) is 15.6. The van der Waals surface area contributed by atoms with Crippen molar-refractivity contribution in [3.63, 3.8) is 0 Å². The van der Waals surface area contributed by atoms with E-state index in [1.54, 1.807) is 6.07 Å². The molecule has 2 aromatic heterocycles. The van der Waals surface area contributed by atoms with E-state index in [0.29, 0.717) is 28.4 Å². The molecule has 0 fully saturated rings. The summed E-state index contributed by atoms with van der Waals surface area (Å²) in [5, 5.41) is 1.84. The van der Waals surface area contributed by atoms with Crippen molar-refractivity contribution in [2.24, 2.45) is 0 Å². The van der Waals surface area contributed by atoms with Gasteiger partial charge in [0.2, 0.25) is 0 Å². The van der Waals surface area contributed by atoms with Crippen LogP contribution in [0.2, 0.25) is 0 Å². The van der Waals surface area contributed by atoms with Crippen molar-refractivity contribution in [1.82, 2.24) is 19.1 Å². The van der Waals surface area contributed by atoms with Crippen LogP contribution in [-0.2, 0) is 0 Å². The molecule has 0 saturated heterocycles. The Labute approximate surface area is 432 Å². The van der Waals surface area contributed by atoms with E-state index in [0.717, 1.165) is 72.4 Å². The Morgan fingerprint density at radius 3 is 1.47 bits per heavy atom. The second-order valence-corrected chi connectivity index (χ2v) is 20.7. The summed E-state index contributed by atoms with van der Waals surface area (Å²) in [7, 11) is 0. The first-order valence-electron chi connectivity index (χ1n) is 25.9. The SMILES string of the molecule is CC(C)c1cc(-c2ccccc2)cc(C(C)C)c1-n1c(-c2cccc(Oc3cc(-c4nc5cccc(C(F)F)c5n4-c4c(C(C)C)cc(-c5ccccc5)cc4C(C)C)cc4ccccc34)c2)nc2ccccc21. The molecule has 9 aromatic carbocycles. The minimum Gasteiger partial charge on any atom is -0.457 e. The van der Waals surface area contributed by atoms with E-state index in [2.05, 4.69) is 175 Å². The van der Waals surface area contributed by atoms with E-state index in [1.807, 2.05) is 65.2 Å². The van der Waals surface area contributed by atoms with Gasteiger partial charge in [-0.25, -0.2) is 18.7 Å². The van der Waals surface area contributed by atoms with Crippen molar-refractivity contribution >= 4 is 32.8 Å². The lowest BCUT2D eigenvalue weighted by Gasteiger charge is -2.25. The smallest absolute Gasteiger partial charge is 0.265 e. The summed E-state index contributed by atoms with van der Waals surface area (Å²) in [6.07, 6.45) is -2.73. The topological polar surface area (TPSA) is 44.9 Å². The van der Waals surface area contributed by atoms with E-state index in [-0.39, 0.29) is 29.2 Å². The molecule has 0 radical (unpaired) electrons. The van der Waals surface area contributed by atoms with Gasteiger partial charge in [-0.1, -0.05) is 177 Å². The van der Waals surface area contributed by atoms with E-state index >= 15 is 8.78 Å². The van der Waals surface area contributed by atoms with E-state index in [1.165, 1.54) is 28.3 Å². The fourth-order valence-corrected chi connectivity index (χ4v) is 10.7. The first-order valence-corrected chi connectivity index (χ1v) is 25.9. The molecule has 0 saturated carbocycles. The Hall–Kier alpha value is -8.16. The molecule has 0 aliphatic carbocycles. The van der Waals surface area contributed by atoms with E-state index < -0.39 is 6.43 Å². The molecule has 368 valence electrons. The number of hydrogen-bond donors (Lipinski definition) is 0. The van der Waals surface area contributed by atoms with Crippen molar-refractivity contribution in [2.75, 3.05) is 0 Å². The number of nitrogens with zero attached hydrogens (tertiary/aromatic N) is 4. The molecule has 0 bridgehead atoms. The molecule has 0 aliphatic rings. The number of hydrogen-bond acceptors (Lipinski definition) is 3. The van der Waals surface area contributed by atoms with Gasteiger partial charge in [-0.15, -0.1) is 0 Å². The van der Waals surface area contributed by atoms with Crippen molar-refractivity contribution < 1.29 is 13.5 Å². The number of fused-ring (bicyclic) bond motifs is 3. The zero-order valence-corrected chi connectivity index (χ0v) is 43.2. The minimum atomic E-state index is -2.73. The van der Waals surface area contributed by atoms with Gasteiger partial charge in [0, 0.05) is 22.1 Å². The molecule has 2 heterocycles. The molecular formula is C67H60F2N4O. The highest BCUT2D eigenvalue weighted by Gasteiger charge is 2.28. The maximum Gasteiger partial charge on any atom is 0.265 e. The largest absolute Gasteiger partial charge is 0.457 e. The van der Waals surface area contributed by atoms with Gasteiger partial charge in [0.25, 0.3) is 6.43 Å². The Bertz CT molecular complexity index is 3810. The Kier molecular flexibility index (Phi) is 12.8. The zero-order chi connectivity index (χ0) is 51.4. The predicted molar refractivity (Wildman–Crippen MR) is 303 cm³/mol. The standard InChI is InChI=1S/C67H60F2N4O/c1-40(2)54-35-48(44-21-11-9-12-22-44)36-55(41(3)4)62(54)72-60-32-18-17-30-58(60)70-66(72)47-26-19-27-51(34-47)74-61-39-50(33-46-25-15-16-28-52(46)61)67-71-59-31-20-29-53(65(68)69)64(59)73(67)63-56(42(5)6)37-49(38-57(63)43(7)8)45-23-13-10-14-24-45/h9-43,65H,1-8H3. The van der Waals surface area contributed by atoms with Crippen LogP contribution in [0.3, 0.4) is 0 Å². The second-order valence-electron chi connectivity index (χ2n) is 20.7. The van der Waals surface area contributed by atoms with Gasteiger partial charge in [-0.3, -0.25) is 9.13 Å². The molecule has 5 nitrogen and oxygen atoms in total. The van der Waals surface area contributed by atoms with Gasteiger partial charge >= 0.3 is 0 Å². The van der Waals surface area contributed by atoms with Crippen LogP contribution in [0.25, 0.3) is 89.2 Å². The van der Waals surface area contributed by atoms with Gasteiger partial charge in [-0.05, 0) is 140 Å². The van der Waals surface area contributed by atoms with Crippen molar-refractivity contribution in [1.29, 1.82) is 0 Å². The van der Waals surface area contributed by atoms with Crippen LogP contribution in [0.4, 0.5) is 8.78 Å². The van der Waals surface area contributed by atoms with Crippen LogP contribution in [0.1, 0.15) is 113 Å². The van der Waals surface area contributed by atoms with Gasteiger partial charge in [-0.2, -0.15) is 0 Å². The van der Waals surface area contributed by atoms with Crippen LogP contribution in [-0.4, -0.2) is 19.1 Å². The number of benzene rings is 9. The van der Waals surface area contributed by atoms with Crippen molar-refractivity contribution in [3.05, 3.63) is 216 Å². The summed E-state index contributed by atoms with van der Waals surface area (Å²) in [6.45, 7) is 17.8. The highest BCUT2D eigenvalue weighted by atomic mass is 19.3. The van der Waals surface area contributed by atoms with Gasteiger partial charge < -0.3 is 4.74 Å². The molecule has 0 spiro atoms. The third-order valence-corrected chi connectivity index (χ3v) is 14.4. The molecule has 11 aromatic rings. The highest BCUT2D eigenvalue weighted by molar-refractivity contribution is 5.95. The molecule has 0 N–H and O–H groups in total. The number of rotatable bonds is 13. The second kappa shape index (κ2) is 19.7. The normalized spacial score (nSPS) is 12.0. The lowest BCUT2D eigenvalue weighted by molar-refractivity contribution is 0.153. The van der Waals surface area contributed by atoms with Crippen LogP contribution in [0, 0.1) is 0 Å². The predicted octanol–water partition coefficient (Wildman–Crippen LogP) is 19.4. The number of alkyl halides is 2. The number of aromatic nitrogens is 4. The van der Waals surface area contributed by atoms with E-state index in [9.17, 15) is 0 Å². The average molecular weight is 975 g/mol. The van der Waals surface area contributed by atoms with E-state index in [4.69, 9.17) is 14.7 Å². The molecule has 0 atom stereocenters. The molecule has 7 heteroatoms. The lowest BCUT2D eigenvalue weighted by Crippen LogP contribution is -2.10. The number of ether oxygens (including phenoxy) is 1. The zero-order valence-electron chi connectivity index (χ0n) is 43.2. The first-order chi connectivity index (χ1) is 35.8. The molecule has 74 heavy (non-hydrogen) atoms. The maximum atomic E-state index is 15.4. The summed E-state index contributed by atoms with van der Waals surface area (Å²) < 4.78 is 42.2. The summed E-state index contributed by atoms with van der Waals surface area (Å²) in [6, 6.07) is 64.0. The quantitative estimate of drug-likeness (QED) is 0.116. The lowest BCUT2D eigenvalue weighted by atomic mass is 9.88. The Balaban J connectivity index is 1.09. The maximum absolute atomic E-state index is 15.4. The number of imidazole rings is 2. The third-order valence-electron chi connectivity index (χ3n) is 14.4. The van der Waals surface area contributed by atoms with Crippen molar-refractivity contribution in [2.45, 2.75) is 85.5 Å². The fourth-order valence-electron chi connectivity index (χ4n) is 10.7. The monoisotopic (exact) mass is 974 g/mol. The van der Waals surface area contributed by atoms with Gasteiger partial charge in [0.15, 0.2) is 0 Å². The van der Waals surface area contributed by atoms with Crippen LogP contribution in [0.5, 0.6) is 11.5 Å². The summed E-state index contributed by atoms with van der Waals surface area (Å²) in [5.74, 6) is 3.15. The Morgan fingerprint density at radius 2 is 0.878 bits per heavy atom. The Morgan fingerprint density at radius 1 is 0.392 bits per heavy atom. The number of halogens is 2. The first kappa shape index (κ1) is 48.1. The summed E-state index contributed by atoms with van der Waals surface area (Å²) >= 11 is 0. The molecule has 0 aliphatic heterocycles. The van der Waals surface area contributed by atoms with Gasteiger partial charge in [0.05, 0.1) is 33.4 Å². The molecule has 0 amide bonds. The van der Waals surface area contributed by atoms with Crippen molar-refractivity contribution in [3.8, 4) is 67.9 Å². The molecular weight excluding hydrogens is 915 g/mol. The highest BCUT2D eigenvalue weighted by Crippen LogP contribution is 2.45. The minimum absolute atomic E-state index is 0.0497. The van der Waals surface area contributed by atoms with Crippen LogP contribution >= 0.6 is 0 Å². The average Bonchev–Trinajstić information content (AvgIpc) is 4.00. The number of para-hydroxylation sites is 3. The summed E-state index contributed by atoms with van der Waals surface area (Å²) in [4.78, 5) is 10.7.